The molecule has 2 aromatic carbocycles. The molecule has 122 valence electrons. The summed E-state index contributed by atoms with van der Waals surface area (Å²) in [5.41, 5.74) is 3.68. The van der Waals surface area contributed by atoms with E-state index in [1.54, 1.807) is 17.5 Å². The molecule has 4 heteroatoms. The van der Waals surface area contributed by atoms with Gasteiger partial charge in [-0.15, -0.1) is 0 Å². The van der Waals surface area contributed by atoms with Crippen LogP contribution in [0, 0.1) is 0 Å². The molecule has 4 aromatic rings. The maximum Gasteiger partial charge on any atom is 0.251 e. The first-order valence-corrected chi connectivity index (χ1v) is 8.99. The van der Waals surface area contributed by atoms with Crippen molar-refractivity contribution in [3.05, 3.63) is 88.7 Å². The van der Waals surface area contributed by atoms with Gasteiger partial charge in [-0.2, -0.15) is 11.3 Å². The number of aromatic nitrogens is 1. The summed E-state index contributed by atoms with van der Waals surface area (Å²) < 4.78 is 0. The second-order valence-electron chi connectivity index (χ2n) is 5.77. The van der Waals surface area contributed by atoms with E-state index in [-0.39, 0.29) is 5.91 Å². The average molecular weight is 344 g/mol. The van der Waals surface area contributed by atoms with Gasteiger partial charge in [-0.1, -0.05) is 36.4 Å². The zero-order chi connectivity index (χ0) is 17.1. The second kappa shape index (κ2) is 6.87. The topological polar surface area (TPSA) is 42.0 Å². The van der Waals surface area contributed by atoms with E-state index in [1.807, 2.05) is 66.0 Å². The molecule has 2 aromatic heterocycles. The minimum atomic E-state index is -0.0779. The molecule has 0 saturated carbocycles. The molecular weight excluding hydrogens is 328 g/mol. The van der Waals surface area contributed by atoms with Gasteiger partial charge < -0.3 is 5.32 Å². The van der Waals surface area contributed by atoms with Gasteiger partial charge in [0.2, 0.25) is 0 Å². The Morgan fingerprint density at radius 3 is 2.72 bits per heavy atom. The predicted octanol–water partition coefficient (Wildman–Crippen LogP) is 4.89. The van der Waals surface area contributed by atoms with E-state index in [9.17, 15) is 4.79 Å². The lowest BCUT2D eigenvalue weighted by atomic mass is 10.1. The third kappa shape index (κ3) is 3.30. The summed E-state index contributed by atoms with van der Waals surface area (Å²) >= 11 is 1.64. The molecule has 0 spiro atoms. The normalized spacial score (nSPS) is 10.7. The highest BCUT2D eigenvalue weighted by molar-refractivity contribution is 7.08. The lowest BCUT2D eigenvalue weighted by molar-refractivity contribution is 0.0951. The molecule has 0 radical (unpaired) electrons. The highest BCUT2D eigenvalue weighted by atomic mass is 32.1. The van der Waals surface area contributed by atoms with E-state index in [0.717, 1.165) is 27.6 Å². The van der Waals surface area contributed by atoms with Gasteiger partial charge in [0.15, 0.2) is 0 Å². The van der Waals surface area contributed by atoms with Crippen molar-refractivity contribution in [2.75, 3.05) is 0 Å². The zero-order valence-corrected chi connectivity index (χ0v) is 14.3. The highest BCUT2D eigenvalue weighted by Crippen LogP contribution is 2.23. The van der Waals surface area contributed by atoms with E-state index in [4.69, 9.17) is 0 Å². The Kier molecular flexibility index (Phi) is 4.27. The molecule has 4 rings (SSSR count). The van der Waals surface area contributed by atoms with Crippen molar-refractivity contribution in [2.45, 2.75) is 6.54 Å². The van der Waals surface area contributed by atoms with Crippen LogP contribution in [0.15, 0.2) is 77.6 Å². The van der Waals surface area contributed by atoms with Gasteiger partial charge in [-0.3, -0.25) is 9.78 Å². The molecule has 0 bridgehead atoms. The summed E-state index contributed by atoms with van der Waals surface area (Å²) in [6.45, 7) is 0.449. The molecular formula is C21H16N2OS. The lowest BCUT2D eigenvalue weighted by Crippen LogP contribution is -2.23. The Morgan fingerprint density at radius 2 is 1.88 bits per heavy atom. The minimum absolute atomic E-state index is 0.0779. The Bertz CT molecular complexity index is 1020. The number of nitrogens with zero attached hydrogens (tertiary/aromatic N) is 1. The second-order valence-corrected chi connectivity index (χ2v) is 6.55. The maximum absolute atomic E-state index is 12.5. The number of thiophene rings is 1. The number of amides is 1. The Balaban J connectivity index is 1.54. The Hall–Kier alpha value is -2.98. The lowest BCUT2D eigenvalue weighted by Gasteiger charge is -2.09. The predicted molar refractivity (Wildman–Crippen MR) is 103 cm³/mol. The van der Waals surface area contributed by atoms with Gasteiger partial charge in [0.25, 0.3) is 5.91 Å². The average Bonchev–Trinajstić information content (AvgIpc) is 3.20. The fourth-order valence-corrected chi connectivity index (χ4v) is 3.49. The summed E-state index contributed by atoms with van der Waals surface area (Å²) in [4.78, 5) is 17.0. The fourth-order valence-electron chi connectivity index (χ4n) is 2.85. The third-order valence-corrected chi connectivity index (χ3v) is 4.82. The highest BCUT2D eigenvalue weighted by Gasteiger charge is 2.10. The Labute approximate surface area is 150 Å². The smallest absolute Gasteiger partial charge is 0.251 e. The fraction of sp³-hybridized carbons (Fsp3) is 0.0476. The first kappa shape index (κ1) is 15.5. The molecule has 0 aliphatic carbocycles. The van der Waals surface area contributed by atoms with Gasteiger partial charge >= 0.3 is 0 Å². The van der Waals surface area contributed by atoms with Crippen LogP contribution >= 0.6 is 11.3 Å². The van der Waals surface area contributed by atoms with Crippen LogP contribution in [0.25, 0.3) is 22.0 Å². The number of nitrogens with one attached hydrogen (secondary N) is 1. The quantitative estimate of drug-likeness (QED) is 0.572. The van der Waals surface area contributed by atoms with Crippen LogP contribution in [-0.2, 0) is 6.54 Å². The molecule has 0 aliphatic rings. The summed E-state index contributed by atoms with van der Waals surface area (Å²) in [5, 5.41) is 9.30. The molecule has 3 nitrogen and oxygen atoms in total. The number of hydrogen-bond acceptors (Lipinski definition) is 3. The van der Waals surface area contributed by atoms with Gasteiger partial charge in [-0.25, -0.2) is 0 Å². The number of fused-ring (bicyclic) bond motifs is 1. The van der Waals surface area contributed by atoms with Crippen LogP contribution in [0.5, 0.6) is 0 Å². The van der Waals surface area contributed by atoms with Crippen LogP contribution in [0.4, 0.5) is 0 Å². The van der Waals surface area contributed by atoms with Crippen molar-refractivity contribution >= 4 is 28.0 Å². The van der Waals surface area contributed by atoms with Gasteiger partial charge in [-0.05, 0) is 46.0 Å². The first-order chi connectivity index (χ1) is 12.3. The van der Waals surface area contributed by atoms with Crippen molar-refractivity contribution < 1.29 is 4.79 Å². The molecule has 1 N–H and O–H groups in total. The zero-order valence-electron chi connectivity index (χ0n) is 13.5. The number of carbonyl (C=O) groups is 1. The number of rotatable bonds is 4. The summed E-state index contributed by atoms with van der Waals surface area (Å²) in [6, 6.07) is 19.7. The molecule has 0 fully saturated rings. The number of carbonyl (C=O) groups excluding carboxylic acids is 1. The van der Waals surface area contributed by atoms with Crippen molar-refractivity contribution in [3.8, 4) is 11.3 Å². The molecule has 0 atom stereocenters. The molecule has 1 amide bonds. The van der Waals surface area contributed by atoms with Gasteiger partial charge in [0, 0.05) is 29.2 Å². The van der Waals surface area contributed by atoms with Crippen LogP contribution in [0.1, 0.15) is 15.9 Å². The largest absolute Gasteiger partial charge is 0.348 e. The van der Waals surface area contributed by atoms with Crippen molar-refractivity contribution in [3.63, 3.8) is 0 Å². The van der Waals surface area contributed by atoms with E-state index in [2.05, 4.69) is 15.7 Å². The number of benzene rings is 2. The van der Waals surface area contributed by atoms with Crippen molar-refractivity contribution in [1.29, 1.82) is 0 Å². The van der Waals surface area contributed by atoms with Gasteiger partial charge in [0.05, 0.1) is 5.69 Å². The maximum atomic E-state index is 12.5. The summed E-state index contributed by atoms with van der Waals surface area (Å²) in [7, 11) is 0. The van der Waals surface area contributed by atoms with E-state index in [0.29, 0.717) is 12.1 Å². The standard InChI is InChI=1S/C21H16N2OS/c24-21(17-8-7-15-4-1-2-5-16(15)12-17)23-13-18-6-3-10-22-20(18)19-9-11-25-14-19/h1-12,14H,13H2,(H,23,24). The number of pyridine rings is 1. The summed E-state index contributed by atoms with van der Waals surface area (Å²) in [6.07, 6.45) is 1.78. The first-order valence-electron chi connectivity index (χ1n) is 8.05. The van der Waals surface area contributed by atoms with E-state index in [1.165, 1.54) is 0 Å². The Morgan fingerprint density at radius 1 is 1.00 bits per heavy atom. The van der Waals surface area contributed by atoms with Crippen molar-refractivity contribution in [2.24, 2.45) is 0 Å². The number of hydrogen-bond donors (Lipinski definition) is 1. The SMILES string of the molecule is O=C(NCc1cccnc1-c1ccsc1)c1ccc2ccccc2c1. The van der Waals surface area contributed by atoms with Crippen LogP contribution < -0.4 is 5.32 Å². The molecule has 0 unspecified atom stereocenters. The molecule has 25 heavy (non-hydrogen) atoms. The van der Waals surface area contributed by atoms with Crippen LogP contribution in [0.3, 0.4) is 0 Å². The minimum Gasteiger partial charge on any atom is -0.348 e. The van der Waals surface area contributed by atoms with Crippen LogP contribution in [0.2, 0.25) is 0 Å². The third-order valence-electron chi connectivity index (χ3n) is 4.14. The van der Waals surface area contributed by atoms with E-state index < -0.39 is 0 Å². The monoisotopic (exact) mass is 344 g/mol. The summed E-state index contributed by atoms with van der Waals surface area (Å²) in [5.74, 6) is -0.0779. The van der Waals surface area contributed by atoms with Crippen molar-refractivity contribution in [1.82, 2.24) is 10.3 Å². The molecule has 0 aliphatic heterocycles. The molecule has 0 saturated heterocycles. The van der Waals surface area contributed by atoms with E-state index >= 15 is 0 Å². The van der Waals surface area contributed by atoms with Gasteiger partial charge in [0.1, 0.15) is 0 Å². The van der Waals surface area contributed by atoms with Crippen LogP contribution in [-0.4, -0.2) is 10.9 Å². The molecule has 2 heterocycles.